The molecule has 4 N–H and O–H groups in total. The molecule has 0 amide bonds. The highest BCUT2D eigenvalue weighted by Gasteiger charge is 2.10. The third-order valence-corrected chi connectivity index (χ3v) is 4.35. The number of nitrogens with zero attached hydrogens (tertiary/aromatic N) is 4. The van der Waals surface area contributed by atoms with Gasteiger partial charge in [0.25, 0.3) is 5.95 Å². The second-order valence-corrected chi connectivity index (χ2v) is 6.57. The molecule has 9 nitrogen and oxygen atoms in total. The van der Waals surface area contributed by atoms with Crippen LogP contribution in [0.3, 0.4) is 0 Å². The van der Waals surface area contributed by atoms with Gasteiger partial charge in [0.15, 0.2) is 0 Å². The van der Waals surface area contributed by atoms with E-state index in [9.17, 15) is 0 Å². The molecular formula is C17H24ClN7O2. The maximum Gasteiger partial charge on any atom is 0.253 e. The van der Waals surface area contributed by atoms with Crippen LogP contribution in [0.2, 0.25) is 5.02 Å². The highest BCUT2D eigenvalue weighted by Crippen LogP contribution is 2.13. The second kappa shape index (κ2) is 10.2. The minimum Gasteiger partial charge on any atom is -0.379 e. The van der Waals surface area contributed by atoms with E-state index in [-0.39, 0.29) is 5.95 Å². The predicted molar refractivity (Wildman–Crippen MR) is 104 cm³/mol. The number of benzene rings is 1. The Morgan fingerprint density at radius 1 is 1.07 bits per heavy atom. The molecule has 146 valence electrons. The van der Waals surface area contributed by atoms with Crippen LogP contribution in [0, 0.1) is 0 Å². The van der Waals surface area contributed by atoms with Crippen LogP contribution in [0.25, 0.3) is 0 Å². The van der Waals surface area contributed by atoms with Gasteiger partial charge in [-0.3, -0.25) is 10.1 Å². The van der Waals surface area contributed by atoms with Crippen LogP contribution < -0.4 is 16.1 Å². The van der Waals surface area contributed by atoms with Crippen molar-refractivity contribution < 1.29 is 9.94 Å². The standard InChI is InChI=1S/C17H24ClN7O2/c18-14-4-1-3-13(11-14)12-20-16-21-15(22-17(23-16)24-26)19-5-2-6-25-7-9-27-10-8-25/h1,3-4,11,26H,2,5-10,12H2,(H3,19,20,21,22,23,24). The van der Waals surface area contributed by atoms with Crippen molar-refractivity contribution in [2.45, 2.75) is 13.0 Å². The Bertz CT molecular complexity index is 728. The van der Waals surface area contributed by atoms with E-state index in [2.05, 4.69) is 30.5 Å². The van der Waals surface area contributed by atoms with Gasteiger partial charge in [-0.25, -0.2) is 5.48 Å². The molecule has 1 aromatic carbocycles. The minimum absolute atomic E-state index is 0.0780. The van der Waals surface area contributed by atoms with Gasteiger partial charge >= 0.3 is 0 Å². The molecule has 0 spiro atoms. The number of aromatic nitrogens is 3. The number of halogens is 1. The van der Waals surface area contributed by atoms with Crippen LogP contribution in [-0.2, 0) is 11.3 Å². The first-order valence-corrected chi connectivity index (χ1v) is 9.29. The molecule has 2 heterocycles. The van der Waals surface area contributed by atoms with E-state index in [1.54, 1.807) is 0 Å². The first kappa shape index (κ1) is 19.6. The van der Waals surface area contributed by atoms with Crippen molar-refractivity contribution in [1.29, 1.82) is 0 Å². The van der Waals surface area contributed by atoms with Gasteiger partial charge in [0.05, 0.1) is 13.2 Å². The summed E-state index contributed by atoms with van der Waals surface area (Å²) >= 11 is 5.99. The maximum absolute atomic E-state index is 9.16. The number of ether oxygens (including phenoxy) is 1. The first-order chi connectivity index (χ1) is 13.2. The Labute approximate surface area is 163 Å². The van der Waals surface area contributed by atoms with Crippen molar-refractivity contribution in [3.05, 3.63) is 34.9 Å². The first-order valence-electron chi connectivity index (χ1n) is 8.91. The number of anilines is 3. The van der Waals surface area contributed by atoms with Crippen LogP contribution in [-0.4, -0.2) is 64.5 Å². The zero-order valence-corrected chi connectivity index (χ0v) is 15.7. The summed E-state index contributed by atoms with van der Waals surface area (Å²) in [5.74, 6) is 0.837. The van der Waals surface area contributed by atoms with Crippen molar-refractivity contribution in [3.63, 3.8) is 0 Å². The normalized spacial score (nSPS) is 14.7. The summed E-state index contributed by atoms with van der Waals surface area (Å²) in [5.41, 5.74) is 2.97. The Morgan fingerprint density at radius 2 is 1.81 bits per heavy atom. The van der Waals surface area contributed by atoms with Gasteiger partial charge in [-0.2, -0.15) is 15.0 Å². The van der Waals surface area contributed by atoms with Crippen molar-refractivity contribution in [2.24, 2.45) is 0 Å². The van der Waals surface area contributed by atoms with Gasteiger partial charge < -0.3 is 15.4 Å². The third-order valence-electron chi connectivity index (χ3n) is 4.11. The summed E-state index contributed by atoms with van der Waals surface area (Å²) in [6, 6.07) is 7.53. The predicted octanol–water partition coefficient (Wildman–Crippen LogP) is 2.07. The molecule has 3 rings (SSSR count). The monoisotopic (exact) mass is 393 g/mol. The van der Waals surface area contributed by atoms with E-state index in [4.69, 9.17) is 21.5 Å². The van der Waals surface area contributed by atoms with Crippen molar-refractivity contribution in [3.8, 4) is 0 Å². The summed E-state index contributed by atoms with van der Waals surface area (Å²) in [4.78, 5) is 14.9. The van der Waals surface area contributed by atoms with Crippen molar-refractivity contribution in [1.82, 2.24) is 19.9 Å². The average Bonchev–Trinajstić information content (AvgIpc) is 2.70. The molecule has 0 radical (unpaired) electrons. The highest BCUT2D eigenvalue weighted by atomic mass is 35.5. The molecule has 1 aliphatic rings. The lowest BCUT2D eigenvalue weighted by Gasteiger charge is -2.26. The third kappa shape index (κ3) is 6.47. The summed E-state index contributed by atoms with van der Waals surface area (Å²) in [5, 5.41) is 16.1. The molecule has 0 atom stereocenters. The van der Waals surface area contributed by atoms with Gasteiger partial charge in [0.2, 0.25) is 11.9 Å². The van der Waals surface area contributed by atoms with E-state index >= 15 is 0 Å². The smallest absolute Gasteiger partial charge is 0.253 e. The SMILES string of the molecule is ONc1nc(NCCCN2CCOCC2)nc(NCc2cccc(Cl)c2)n1. The molecule has 0 aliphatic carbocycles. The lowest BCUT2D eigenvalue weighted by molar-refractivity contribution is 0.0378. The quantitative estimate of drug-likeness (QED) is 0.376. The van der Waals surface area contributed by atoms with Crippen LogP contribution in [0.1, 0.15) is 12.0 Å². The van der Waals surface area contributed by atoms with Crippen LogP contribution in [0.4, 0.5) is 17.8 Å². The van der Waals surface area contributed by atoms with Gasteiger partial charge in [0.1, 0.15) is 0 Å². The summed E-state index contributed by atoms with van der Waals surface area (Å²) in [6.07, 6.45) is 0.957. The second-order valence-electron chi connectivity index (χ2n) is 6.14. The number of hydrogen-bond acceptors (Lipinski definition) is 9. The van der Waals surface area contributed by atoms with Gasteiger partial charge in [0, 0.05) is 31.2 Å². The van der Waals surface area contributed by atoms with E-state index in [0.29, 0.717) is 23.5 Å². The molecule has 2 aromatic rings. The molecule has 1 aliphatic heterocycles. The maximum atomic E-state index is 9.16. The van der Waals surface area contributed by atoms with Crippen LogP contribution in [0.5, 0.6) is 0 Å². The van der Waals surface area contributed by atoms with E-state index < -0.39 is 0 Å². The fourth-order valence-corrected chi connectivity index (χ4v) is 2.95. The van der Waals surface area contributed by atoms with Crippen molar-refractivity contribution in [2.75, 3.05) is 55.5 Å². The molecule has 0 unspecified atom stereocenters. The fraction of sp³-hybridized carbons (Fsp3) is 0.471. The number of nitrogens with one attached hydrogen (secondary N) is 3. The Balaban J connectivity index is 1.51. The summed E-state index contributed by atoms with van der Waals surface area (Å²) in [6.45, 7) is 5.77. The Hall–Kier alpha value is -2.20. The van der Waals surface area contributed by atoms with E-state index in [1.165, 1.54) is 0 Å². The van der Waals surface area contributed by atoms with Gasteiger partial charge in [-0.1, -0.05) is 23.7 Å². The molecule has 1 aromatic heterocycles. The van der Waals surface area contributed by atoms with Gasteiger partial charge in [-0.05, 0) is 30.7 Å². The number of morpholine rings is 1. The number of rotatable bonds is 9. The van der Waals surface area contributed by atoms with Crippen molar-refractivity contribution >= 4 is 29.4 Å². The lowest BCUT2D eigenvalue weighted by Crippen LogP contribution is -2.37. The van der Waals surface area contributed by atoms with Crippen LogP contribution in [0.15, 0.2) is 24.3 Å². The Kier molecular flexibility index (Phi) is 7.40. The summed E-state index contributed by atoms with van der Waals surface area (Å²) < 4.78 is 5.35. The molecule has 10 heteroatoms. The molecule has 27 heavy (non-hydrogen) atoms. The van der Waals surface area contributed by atoms with E-state index in [1.807, 2.05) is 29.7 Å². The minimum atomic E-state index is 0.0780. The lowest BCUT2D eigenvalue weighted by atomic mass is 10.2. The largest absolute Gasteiger partial charge is 0.379 e. The molecule has 1 saturated heterocycles. The number of hydrogen-bond donors (Lipinski definition) is 4. The van der Waals surface area contributed by atoms with E-state index in [0.717, 1.165) is 51.4 Å². The molecule has 0 saturated carbocycles. The zero-order valence-electron chi connectivity index (χ0n) is 15.0. The van der Waals surface area contributed by atoms with Gasteiger partial charge in [-0.15, -0.1) is 0 Å². The van der Waals surface area contributed by atoms with Crippen LogP contribution >= 0.6 is 11.6 Å². The topological polar surface area (TPSA) is 107 Å². The summed E-state index contributed by atoms with van der Waals surface area (Å²) in [7, 11) is 0. The zero-order chi connectivity index (χ0) is 18.9. The fourth-order valence-electron chi connectivity index (χ4n) is 2.74. The molecular weight excluding hydrogens is 370 g/mol. The average molecular weight is 394 g/mol. The highest BCUT2D eigenvalue weighted by molar-refractivity contribution is 6.30. The molecule has 0 bridgehead atoms. The Morgan fingerprint density at radius 3 is 2.56 bits per heavy atom. The molecule has 1 fully saturated rings.